The van der Waals surface area contributed by atoms with Gasteiger partial charge in [0.25, 0.3) is 0 Å². The van der Waals surface area contributed by atoms with Crippen LogP contribution in [0.25, 0.3) is 55.3 Å². The number of benzene rings is 10. The van der Waals surface area contributed by atoms with E-state index in [2.05, 4.69) is 254 Å². The Morgan fingerprint density at radius 1 is 0.267 bits per heavy atom. The fraction of sp³-hybridized carbons (Fsp3) is 0.0169. The maximum absolute atomic E-state index is 2.47. The average Bonchev–Trinajstić information content (AvgIpc) is 3.63. The lowest BCUT2D eigenvalue weighted by Crippen LogP contribution is -2.28. The van der Waals surface area contributed by atoms with E-state index >= 15 is 0 Å². The first-order valence-electron chi connectivity index (χ1n) is 20.8. The molecule has 0 amide bonds. The zero-order valence-electron chi connectivity index (χ0n) is 33.1. The summed E-state index contributed by atoms with van der Waals surface area (Å²) < 4.78 is 0. The van der Waals surface area contributed by atoms with Crippen molar-refractivity contribution in [3.8, 4) is 44.5 Å². The second-order valence-electron chi connectivity index (χ2n) is 15.7. The average molecular weight is 764 g/mol. The molecule has 11 rings (SSSR count). The van der Waals surface area contributed by atoms with Gasteiger partial charge in [0.15, 0.2) is 0 Å². The standard InChI is InChI=1S/C59H41N/c1-4-17-42(18-5-1)44-31-34-45(35-32-44)53-27-13-15-30-58(53)60(51-26-16-21-47(40-51)48-36-33-43-19-10-11-20-46(43)39-48)52-37-38-55-54-28-12-14-29-56(54)59(57(55)41-52,49-22-6-2-7-23-49)50-24-8-3-9-25-50/h1-41H. The Balaban J connectivity index is 1.14. The van der Waals surface area contributed by atoms with Crippen LogP contribution in [-0.4, -0.2) is 0 Å². The molecule has 10 aromatic rings. The third-order valence-corrected chi connectivity index (χ3v) is 12.3. The summed E-state index contributed by atoms with van der Waals surface area (Å²) in [5.74, 6) is 0. The van der Waals surface area contributed by atoms with Crippen molar-refractivity contribution in [2.45, 2.75) is 5.41 Å². The van der Waals surface area contributed by atoms with E-state index in [1.807, 2.05) is 0 Å². The number of nitrogens with zero attached hydrogens (tertiary/aromatic N) is 1. The van der Waals surface area contributed by atoms with Gasteiger partial charge in [-0.15, -0.1) is 0 Å². The van der Waals surface area contributed by atoms with Gasteiger partial charge in [-0.1, -0.05) is 212 Å². The highest BCUT2D eigenvalue weighted by molar-refractivity contribution is 5.94. The fourth-order valence-electron chi connectivity index (χ4n) is 9.58. The summed E-state index contributed by atoms with van der Waals surface area (Å²) in [5, 5.41) is 2.48. The van der Waals surface area contributed by atoms with Crippen LogP contribution < -0.4 is 4.90 Å². The summed E-state index contributed by atoms with van der Waals surface area (Å²) in [6, 6.07) is 91.1. The number of rotatable bonds is 8. The van der Waals surface area contributed by atoms with E-state index < -0.39 is 5.41 Å². The van der Waals surface area contributed by atoms with Gasteiger partial charge in [-0.25, -0.2) is 0 Å². The van der Waals surface area contributed by atoms with Crippen molar-refractivity contribution in [2.24, 2.45) is 0 Å². The molecule has 0 heterocycles. The highest BCUT2D eigenvalue weighted by Crippen LogP contribution is 2.57. The minimum absolute atomic E-state index is 0.518. The molecule has 0 bridgehead atoms. The molecule has 0 N–H and O–H groups in total. The van der Waals surface area contributed by atoms with Crippen molar-refractivity contribution >= 4 is 27.8 Å². The lowest BCUT2D eigenvalue weighted by molar-refractivity contribution is 0.768. The molecule has 60 heavy (non-hydrogen) atoms. The zero-order chi connectivity index (χ0) is 39.9. The van der Waals surface area contributed by atoms with Crippen LogP contribution in [0.5, 0.6) is 0 Å². The molecule has 0 aromatic heterocycles. The Labute approximate surface area is 352 Å². The maximum atomic E-state index is 2.47. The van der Waals surface area contributed by atoms with Gasteiger partial charge in [0.1, 0.15) is 0 Å². The first-order chi connectivity index (χ1) is 29.8. The van der Waals surface area contributed by atoms with Gasteiger partial charge < -0.3 is 4.90 Å². The van der Waals surface area contributed by atoms with Crippen molar-refractivity contribution in [3.63, 3.8) is 0 Å². The number of hydrogen-bond donors (Lipinski definition) is 0. The quantitative estimate of drug-likeness (QED) is 0.149. The van der Waals surface area contributed by atoms with Crippen LogP contribution >= 0.6 is 0 Å². The fourth-order valence-corrected chi connectivity index (χ4v) is 9.58. The van der Waals surface area contributed by atoms with Crippen molar-refractivity contribution in [3.05, 3.63) is 271 Å². The first kappa shape index (κ1) is 35.4. The molecule has 1 aliphatic rings. The van der Waals surface area contributed by atoms with Crippen LogP contribution in [0.4, 0.5) is 17.1 Å². The van der Waals surface area contributed by atoms with E-state index in [0.717, 1.165) is 28.2 Å². The topological polar surface area (TPSA) is 3.24 Å². The molecular formula is C59H41N. The van der Waals surface area contributed by atoms with Crippen LogP contribution in [0.1, 0.15) is 22.3 Å². The molecule has 0 saturated heterocycles. The van der Waals surface area contributed by atoms with Crippen molar-refractivity contribution < 1.29 is 0 Å². The van der Waals surface area contributed by atoms with Gasteiger partial charge in [0, 0.05) is 16.9 Å². The zero-order valence-corrected chi connectivity index (χ0v) is 33.1. The second kappa shape index (κ2) is 14.9. The van der Waals surface area contributed by atoms with Crippen LogP contribution in [0.3, 0.4) is 0 Å². The van der Waals surface area contributed by atoms with Crippen LogP contribution in [0, 0.1) is 0 Å². The van der Waals surface area contributed by atoms with Crippen LogP contribution in [-0.2, 0) is 5.41 Å². The maximum Gasteiger partial charge on any atom is 0.0714 e. The Bertz CT molecular complexity index is 3090. The summed E-state index contributed by atoms with van der Waals surface area (Å²) >= 11 is 0. The molecule has 0 radical (unpaired) electrons. The molecule has 0 aliphatic heterocycles. The lowest BCUT2D eigenvalue weighted by Gasteiger charge is -2.35. The van der Waals surface area contributed by atoms with Gasteiger partial charge in [0.2, 0.25) is 0 Å². The number of hydrogen-bond acceptors (Lipinski definition) is 1. The van der Waals surface area contributed by atoms with Gasteiger partial charge in [-0.2, -0.15) is 0 Å². The van der Waals surface area contributed by atoms with Crippen molar-refractivity contribution in [1.82, 2.24) is 0 Å². The van der Waals surface area contributed by atoms with Gasteiger partial charge >= 0.3 is 0 Å². The van der Waals surface area contributed by atoms with Gasteiger partial charge in [0.05, 0.1) is 11.1 Å². The molecule has 0 spiro atoms. The molecule has 0 saturated carbocycles. The van der Waals surface area contributed by atoms with Gasteiger partial charge in [-0.3, -0.25) is 0 Å². The molecule has 0 fully saturated rings. The Kier molecular flexibility index (Phi) is 8.79. The molecule has 0 unspecified atom stereocenters. The minimum Gasteiger partial charge on any atom is -0.310 e. The summed E-state index contributed by atoms with van der Waals surface area (Å²) in [4.78, 5) is 2.47. The van der Waals surface area contributed by atoms with Crippen LogP contribution in [0.2, 0.25) is 0 Å². The van der Waals surface area contributed by atoms with Gasteiger partial charge in [-0.05, 0) is 108 Å². The SMILES string of the molecule is c1ccc(-c2ccc(-c3ccccc3N(c3cccc(-c4ccc5ccccc5c4)c3)c3ccc4c(c3)C(c3ccccc3)(c3ccccc3)c3ccccc3-4)cc2)cc1. The molecule has 0 atom stereocenters. The summed E-state index contributed by atoms with van der Waals surface area (Å²) in [5.41, 5.74) is 17.5. The largest absolute Gasteiger partial charge is 0.310 e. The molecular weight excluding hydrogens is 723 g/mol. The third kappa shape index (κ3) is 5.94. The lowest BCUT2D eigenvalue weighted by atomic mass is 9.67. The van der Waals surface area contributed by atoms with Crippen molar-refractivity contribution in [2.75, 3.05) is 4.90 Å². The molecule has 1 heteroatoms. The van der Waals surface area contributed by atoms with E-state index in [9.17, 15) is 0 Å². The predicted octanol–water partition coefficient (Wildman–Crippen LogP) is 15.7. The summed E-state index contributed by atoms with van der Waals surface area (Å²) in [6.45, 7) is 0. The molecule has 282 valence electrons. The molecule has 1 nitrogen and oxygen atoms in total. The molecule has 1 aliphatic carbocycles. The first-order valence-corrected chi connectivity index (χ1v) is 20.8. The Morgan fingerprint density at radius 3 is 1.53 bits per heavy atom. The normalized spacial score (nSPS) is 12.5. The van der Waals surface area contributed by atoms with Crippen molar-refractivity contribution in [1.29, 1.82) is 0 Å². The molecule has 10 aromatic carbocycles. The Morgan fingerprint density at radius 2 is 0.783 bits per heavy atom. The van der Waals surface area contributed by atoms with E-state index in [-0.39, 0.29) is 0 Å². The minimum atomic E-state index is -0.518. The summed E-state index contributed by atoms with van der Waals surface area (Å²) in [6.07, 6.45) is 0. The number of para-hydroxylation sites is 1. The second-order valence-corrected chi connectivity index (χ2v) is 15.7. The highest BCUT2D eigenvalue weighted by atomic mass is 15.1. The van der Waals surface area contributed by atoms with E-state index in [1.165, 1.54) is 66.4 Å². The third-order valence-electron chi connectivity index (χ3n) is 12.3. The van der Waals surface area contributed by atoms with E-state index in [4.69, 9.17) is 0 Å². The van der Waals surface area contributed by atoms with E-state index in [0.29, 0.717) is 0 Å². The number of fused-ring (bicyclic) bond motifs is 4. The monoisotopic (exact) mass is 763 g/mol. The smallest absolute Gasteiger partial charge is 0.0714 e. The van der Waals surface area contributed by atoms with E-state index in [1.54, 1.807) is 0 Å². The van der Waals surface area contributed by atoms with Crippen LogP contribution in [0.15, 0.2) is 249 Å². The predicted molar refractivity (Wildman–Crippen MR) is 252 cm³/mol. The highest BCUT2D eigenvalue weighted by Gasteiger charge is 2.46. The number of anilines is 3. The summed E-state index contributed by atoms with van der Waals surface area (Å²) in [7, 11) is 0. The Hall–Kier alpha value is -7.74.